The molecule has 0 radical (unpaired) electrons. The first kappa shape index (κ1) is 12.5. The molecule has 2 heterocycles. The summed E-state index contributed by atoms with van der Waals surface area (Å²) in [6.45, 7) is 0.677. The molecule has 4 rings (SSSR count). The van der Waals surface area contributed by atoms with Crippen molar-refractivity contribution >= 4 is 28.4 Å². The normalized spacial score (nSPS) is 13.2. The first-order valence-electron chi connectivity index (χ1n) is 6.70. The number of carbonyl (C=O) groups is 1. The molecule has 0 amide bonds. The molecule has 1 aliphatic heterocycles. The number of ether oxygens (including phenoxy) is 1. The van der Waals surface area contributed by atoms with Crippen LogP contribution in [-0.2, 0) is 6.42 Å². The summed E-state index contributed by atoms with van der Waals surface area (Å²) in [6.07, 6.45) is 0.839. The van der Waals surface area contributed by atoms with E-state index in [1.807, 2.05) is 12.1 Å². The fourth-order valence-electron chi connectivity index (χ4n) is 2.60. The lowest BCUT2D eigenvalue weighted by molar-refractivity contribution is 0.101. The van der Waals surface area contributed by atoms with E-state index in [0.29, 0.717) is 28.5 Å². The fraction of sp³-hybridized carbons (Fsp3) is 0.118. The third-order valence-electron chi connectivity index (χ3n) is 3.65. The predicted octanol–water partition coefficient (Wildman–Crippen LogP) is 4.25. The van der Waals surface area contributed by atoms with Crippen LogP contribution in [0.25, 0.3) is 11.0 Å². The van der Waals surface area contributed by atoms with E-state index in [2.05, 4.69) is 0 Å². The summed E-state index contributed by atoms with van der Waals surface area (Å²) in [5.41, 5.74) is 2.34. The van der Waals surface area contributed by atoms with Crippen molar-refractivity contribution in [1.82, 2.24) is 0 Å². The zero-order chi connectivity index (χ0) is 14.4. The molecule has 3 aromatic rings. The van der Waals surface area contributed by atoms with Crippen molar-refractivity contribution in [3.05, 3.63) is 64.4 Å². The van der Waals surface area contributed by atoms with Gasteiger partial charge in [0.2, 0.25) is 5.78 Å². The molecule has 0 spiro atoms. The van der Waals surface area contributed by atoms with Crippen LogP contribution in [0.1, 0.15) is 21.7 Å². The molecule has 104 valence electrons. The van der Waals surface area contributed by atoms with Gasteiger partial charge in [0.05, 0.1) is 6.61 Å². The first-order valence-corrected chi connectivity index (χ1v) is 7.08. The van der Waals surface area contributed by atoms with Crippen molar-refractivity contribution in [3.63, 3.8) is 0 Å². The minimum atomic E-state index is -0.128. The molecular weight excluding hydrogens is 288 g/mol. The van der Waals surface area contributed by atoms with Crippen LogP contribution < -0.4 is 4.74 Å². The third kappa shape index (κ3) is 2.10. The Morgan fingerprint density at radius 1 is 1.10 bits per heavy atom. The maximum Gasteiger partial charge on any atom is 0.228 e. The standard InChI is InChI=1S/C17H11ClO3/c18-13-2-4-15-12(8-13)9-16(21-15)17(19)11-1-3-14-10(7-11)5-6-20-14/h1-4,7-9H,5-6H2. The molecule has 1 aromatic heterocycles. The molecule has 3 nitrogen and oxygen atoms in total. The summed E-state index contributed by atoms with van der Waals surface area (Å²) in [4.78, 5) is 12.5. The number of hydrogen-bond acceptors (Lipinski definition) is 3. The Labute approximate surface area is 126 Å². The summed E-state index contributed by atoms with van der Waals surface area (Å²) in [6, 6.07) is 12.5. The topological polar surface area (TPSA) is 39.4 Å². The van der Waals surface area contributed by atoms with Crippen LogP contribution in [0.2, 0.25) is 5.02 Å². The van der Waals surface area contributed by atoms with Gasteiger partial charge in [0, 0.05) is 22.4 Å². The number of benzene rings is 2. The van der Waals surface area contributed by atoms with Gasteiger partial charge in [-0.15, -0.1) is 0 Å². The molecule has 0 bridgehead atoms. The monoisotopic (exact) mass is 298 g/mol. The highest BCUT2D eigenvalue weighted by Gasteiger charge is 2.18. The Morgan fingerprint density at radius 3 is 2.90 bits per heavy atom. The smallest absolute Gasteiger partial charge is 0.228 e. The van der Waals surface area contributed by atoms with Gasteiger partial charge in [-0.2, -0.15) is 0 Å². The van der Waals surface area contributed by atoms with Crippen LogP contribution in [0.15, 0.2) is 46.9 Å². The summed E-state index contributed by atoms with van der Waals surface area (Å²) >= 11 is 5.95. The average molecular weight is 299 g/mol. The maximum absolute atomic E-state index is 12.5. The van der Waals surface area contributed by atoms with Crippen LogP contribution in [-0.4, -0.2) is 12.4 Å². The molecule has 0 saturated heterocycles. The van der Waals surface area contributed by atoms with E-state index in [-0.39, 0.29) is 5.78 Å². The highest BCUT2D eigenvalue weighted by Crippen LogP contribution is 2.28. The predicted molar refractivity (Wildman–Crippen MR) is 80.3 cm³/mol. The summed E-state index contributed by atoms with van der Waals surface area (Å²) in [5, 5.41) is 1.45. The largest absolute Gasteiger partial charge is 0.493 e. The van der Waals surface area contributed by atoms with E-state index in [9.17, 15) is 4.79 Å². The van der Waals surface area contributed by atoms with E-state index in [1.54, 1.807) is 30.3 Å². The minimum absolute atomic E-state index is 0.128. The van der Waals surface area contributed by atoms with Crippen molar-refractivity contribution in [1.29, 1.82) is 0 Å². The van der Waals surface area contributed by atoms with Crippen molar-refractivity contribution in [2.24, 2.45) is 0 Å². The Balaban J connectivity index is 1.75. The second kappa shape index (κ2) is 4.64. The summed E-state index contributed by atoms with van der Waals surface area (Å²) in [5.74, 6) is 1.06. The van der Waals surface area contributed by atoms with E-state index in [4.69, 9.17) is 20.8 Å². The van der Waals surface area contributed by atoms with Gasteiger partial charge < -0.3 is 9.15 Å². The number of rotatable bonds is 2. The molecule has 1 aliphatic rings. The van der Waals surface area contributed by atoms with Gasteiger partial charge in [0.15, 0.2) is 5.76 Å². The SMILES string of the molecule is O=C(c1ccc2c(c1)CCO2)c1cc2cc(Cl)ccc2o1. The number of fused-ring (bicyclic) bond motifs is 2. The second-order valence-corrected chi connectivity index (χ2v) is 5.48. The van der Waals surface area contributed by atoms with Gasteiger partial charge >= 0.3 is 0 Å². The zero-order valence-corrected chi connectivity index (χ0v) is 11.8. The third-order valence-corrected chi connectivity index (χ3v) is 3.89. The van der Waals surface area contributed by atoms with Gasteiger partial charge in [0.25, 0.3) is 0 Å². The van der Waals surface area contributed by atoms with Crippen molar-refractivity contribution < 1.29 is 13.9 Å². The Bertz CT molecular complexity index is 864. The molecule has 0 saturated carbocycles. The first-order chi connectivity index (χ1) is 10.2. The minimum Gasteiger partial charge on any atom is -0.493 e. The Kier molecular flexibility index (Phi) is 2.76. The highest BCUT2D eigenvalue weighted by molar-refractivity contribution is 6.31. The Hall–Kier alpha value is -2.26. The van der Waals surface area contributed by atoms with Crippen LogP contribution >= 0.6 is 11.6 Å². The van der Waals surface area contributed by atoms with Crippen LogP contribution in [0.5, 0.6) is 5.75 Å². The molecule has 0 atom stereocenters. The van der Waals surface area contributed by atoms with Gasteiger partial charge in [-0.1, -0.05) is 11.6 Å². The molecule has 0 fully saturated rings. The molecule has 21 heavy (non-hydrogen) atoms. The van der Waals surface area contributed by atoms with E-state index in [0.717, 1.165) is 23.1 Å². The van der Waals surface area contributed by atoms with Gasteiger partial charge in [-0.05, 0) is 48.0 Å². The van der Waals surface area contributed by atoms with Crippen LogP contribution in [0.3, 0.4) is 0 Å². The van der Waals surface area contributed by atoms with Gasteiger partial charge in [0.1, 0.15) is 11.3 Å². The van der Waals surface area contributed by atoms with Gasteiger partial charge in [-0.25, -0.2) is 0 Å². The van der Waals surface area contributed by atoms with Crippen molar-refractivity contribution in [2.75, 3.05) is 6.61 Å². The average Bonchev–Trinajstić information content (AvgIpc) is 3.11. The molecule has 0 N–H and O–H groups in total. The summed E-state index contributed by atoms with van der Waals surface area (Å²) in [7, 11) is 0. The van der Waals surface area contributed by atoms with E-state index >= 15 is 0 Å². The zero-order valence-electron chi connectivity index (χ0n) is 11.1. The number of hydrogen-bond donors (Lipinski definition) is 0. The lowest BCUT2D eigenvalue weighted by atomic mass is 10.0. The Morgan fingerprint density at radius 2 is 2.00 bits per heavy atom. The number of carbonyl (C=O) groups excluding carboxylic acids is 1. The van der Waals surface area contributed by atoms with Crippen LogP contribution in [0, 0.1) is 0 Å². The maximum atomic E-state index is 12.5. The lowest BCUT2D eigenvalue weighted by Crippen LogP contribution is -1.99. The van der Waals surface area contributed by atoms with E-state index < -0.39 is 0 Å². The molecule has 0 aliphatic carbocycles. The molecule has 2 aromatic carbocycles. The fourth-order valence-corrected chi connectivity index (χ4v) is 2.78. The second-order valence-electron chi connectivity index (χ2n) is 5.04. The van der Waals surface area contributed by atoms with Crippen LogP contribution in [0.4, 0.5) is 0 Å². The quantitative estimate of drug-likeness (QED) is 0.664. The highest BCUT2D eigenvalue weighted by atomic mass is 35.5. The molecular formula is C17H11ClO3. The number of halogens is 1. The summed E-state index contributed by atoms with van der Waals surface area (Å²) < 4.78 is 11.1. The van der Waals surface area contributed by atoms with Crippen molar-refractivity contribution in [2.45, 2.75) is 6.42 Å². The molecule has 4 heteroatoms. The van der Waals surface area contributed by atoms with Crippen molar-refractivity contribution in [3.8, 4) is 5.75 Å². The number of furan rings is 1. The number of ketones is 1. The van der Waals surface area contributed by atoms with E-state index in [1.165, 1.54) is 0 Å². The molecule has 0 unspecified atom stereocenters. The lowest BCUT2D eigenvalue weighted by Gasteiger charge is -2.01. The van der Waals surface area contributed by atoms with Gasteiger partial charge in [-0.3, -0.25) is 4.79 Å².